The smallest absolute Gasteiger partial charge is 0.250 e. The summed E-state index contributed by atoms with van der Waals surface area (Å²) in [5.41, 5.74) is 4.70. The fourth-order valence-electron chi connectivity index (χ4n) is 2.37. The van der Waals surface area contributed by atoms with Gasteiger partial charge in [0.05, 0.1) is 0 Å². The Kier molecular flexibility index (Phi) is 4.87. The van der Waals surface area contributed by atoms with E-state index in [-0.39, 0.29) is 18.3 Å². The number of aliphatic hydroxyl groups is 1. The molecule has 1 rings (SSSR count). The van der Waals surface area contributed by atoms with Crippen LogP contribution in [0.25, 0.3) is 0 Å². The number of halogens is 1. The lowest BCUT2D eigenvalue weighted by Gasteiger charge is -2.35. The second kappa shape index (κ2) is 5.80. The first kappa shape index (κ1) is 15.1. The first-order chi connectivity index (χ1) is 8.32. The van der Waals surface area contributed by atoms with Crippen molar-refractivity contribution < 1.29 is 9.90 Å². The molecule has 0 radical (unpaired) electrons. The van der Waals surface area contributed by atoms with E-state index in [9.17, 15) is 9.90 Å². The summed E-state index contributed by atoms with van der Waals surface area (Å²) in [7, 11) is 0. The van der Waals surface area contributed by atoms with E-state index < -0.39 is 11.5 Å². The lowest BCUT2D eigenvalue weighted by Crippen LogP contribution is -2.50. The van der Waals surface area contributed by atoms with Crippen LogP contribution in [0.1, 0.15) is 38.7 Å². The van der Waals surface area contributed by atoms with Crippen molar-refractivity contribution in [1.82, 2.24) is 4.98 Å². The maximum absolute atomic E-state index is 11.6. The van der Waals surface area contributed by atoms with Crippen molar-refractivity contribution in [2.24, 2.45) is 11.7 Å². The largest absolute Gasteiger partial charge is 0.379 e. The van der Waals surface area contributed by atoms with Crippen LogP contribution in [0.15, 0.2) is 22.9 Å². The fourth-order valence-corrected chi connectivity index (χ4v) is 2.75. The molecule has 0 aliphatic carbocycles. The second-order valence-electron chi connectivity index (χ2n) is 4.78. The average molecular weight is 315 g/mol. The summed E-state index contributed by atoms with van der Waals surface area (Å²) in [5, 5.41) is 10.6. The van der Waals surface area contributed by atoms with Gasteiger partial charge < -0.3 is 10.8 Å². The standard InChI is InChI=1S/C13H19BrN2O2/c1-4-13(18,12(15)17)11(8(2)3)9-5-6-16-10(14)7-9/h5-8,11,18H,4H2,1-3H3,(H2,15,17). The predicted molar refractivity (Wildman–Crippen MR) is 74.0 cm³/mol. The first-order valence-electron chi connectivity index (χ1n) is 5.96. The van der Waals surface area contributed by atoms with Crippen molar-refractivity contribution in [3.63, 3.8) is 0 Å². The van der Waals surface area contributed by atoms with Crippen LogP contribution in [-0.2, 0) is 4.79 Å². The third-order valence-electron chi connectivity index (χ3n) is 3.26. The Morgan fingerprint density at radius 1 is 1.61 bits per heavy atom. The minimum atomic E-state index is -1.53. The van der Waals surface area contributed by atoms with Crippen LogP contribution in [0.3, 0.4) is 0 Å². The summed E-state index contributed by atoms with van der Waals surface area (Å²) in [5.74, 6) is -0.951. The number of primary amides is 1. The molecule has 0 aliphatic heterocycles. The van der Waals surface area contributed by atoms with Gasteiger partial charge in [-0.2, -0.15) is 0 Å². The number of pyridine rings is 1. The fraction of sp³-hybridized carbons (Fsp3) is 0.538. The Bertz CT molecular complexity index is 437. The number of nitrogens with zero attached hydrogens (tertiary/aromatic N) is 1. The van der Waals surface area contributed by atoms with Gasteiger partial charge in [-0.15, -0.1) is 0 Å². The highest BCUT2D eigenvalue weighted by molar-refractivity contribution is 9.10. The molecule has 2 atom stereocenters. The third-order valence-corrected chi connectivity index (χ3v) is 3.69. The number of carbonyl (C=O) groups is 1. The van der Waals surface area contributed by atoms with Crippen molar-refractivity contribution in [2.75, 3.05) is 0 Å². The molecule has 1 aromatic rings. The van der Waals surface area contributed by atoms with Gasteiger partial charge in [0.25, 0.3) is 0 Å². The van der Waals surface area contributed by atoms with Gasteiger partial charge in [0.2, 0.25) is 5.91 Å². The monoisotopic (exact) mass is 314 g/mol. The van der Waals surface area contributed by atoms with Crippen LogP contribution in [0.4, 0.5) is 0 Å². The molecule has 0 fully saturated rings. The lowest BCUT2D eigenvalue weighted by atomic mass is 9.73. The summed E-state index contributed by atoms with van der Waals surface area (Å²) >= 11 is 3.30. The van der Waals surface area contributed by atoms with Crippen LogP contribution in [0, 0.1) is 5.92 Å². The van der Waals surface area contributed by atoms with Crippen molar-refractivity contribution in [2.45, 2.75) is 38.7 Å². The Morgan fingerprint density at radius 2 is 2.22 bits per heavy atom. The Labute approximate surface area is 116 Å². The molecule has 0 aromatic carbocycles. The van der Waals surface area contributed by atoms with Crippen LogP contribution < -0.4 is 5.73 Å². The summed E-state index contributed by atoms with van der Waals surface area (Å²) < 4.78 is 0.675. The number of aromatic nitrogens is 1. The van der Waals surface area contributed by atoms with Gasteiger partial charge in [0, 0.05) is 12.1 Å². The second-order valence-corrected chi connectivity index (χ2v) is 5.59. The molecule has 100 valence electrons. The zero-order valence-corrected chi connectivity index (χ0v) is 12.4. The summed E-state index contributed by atoms with van der Waals surface area (Å²) in [6.45, 7) is 5.68. The van der Waals surface area contributed by atoms with E-state index in [0.29, 0.717) is 4.60 Å². The molecule has 0 aliphatic rings. The van der Waals surface area contributed by atoms with Gasteiger partial charge in [-0.3, -0.25) is 4.79 Å². The molecule has 0 saturated carbocycles. The molecule has 0 bridgehead atoms. The Morgan fingerprint density at radius 3 is 2.61 bits per heavy atom. The van der Waals surface area contributed by atoms with Gasteiger partial charge in [-0.1, -0.05) is 20.8 Å². The highest BCUT2D eigenvalue weighted by Crippen LogP contribution is 2.37. The van der Waals surface area contributed by atoms with Gasteiger partial charge in [0.1, 0.15) is 10.2 Å². The van der Waals surface area contributed by atoms with Gasteiger partial charge >= 0.3 is 0 Å². The van der Waals surface area contributed by atoms with E-state index in [1.165, 1.54) is 0 Å². The number of nitrogens with two attached hydrogens (primary N) is 1. The molecule has 3 N–H and O–H groups in total. The summed E-state index contributed by atoms with van der Waals surface area (Å²) in [4.78, 5) is 15.7. The lowest BCUT2D eigenvalue weighted by molar-refractivity contribution is -0.140. The van der Waals surface area contributed by atoms with Crippen LogP contribution >= 0.6 is 15.9 Å². The van der Waals surface area contributed by atoms with Crippen molar-refractivity contribution in [1.29, 1.82) is 0 Å². The minimum Gasteiger partial charge on any atom is -0.379 e. The zero-order chi connectivity index (χ0) is 13.9. The van der Waals surface area contributed by atoms with Crippen molar-refractivity contribution in [3.8, 4) is 0 Å². The Hall–Kier alpha value is -0.940. The van der Waals surface area contributed by atoms with E-state index in [2.05, 4.69) is 20.9 Å². The summed E-state index contributed by atoms with van der Waals surface area (Å²) in [6.07, 6.45) is 1.93. The number of hydrogen-bond acceptors (Lipinski definition) is 3. The highest BCUT2D eigenvalue weighted by atomic mass is 79.9. The molecule has 1 amide bonds. The molecule has 2 unspecified atom stereocenters. The van der Waals surface area contributed by atoms with E-state index in [0.717, 1.165) is 5.56 Å². The average Bonchev–Trinajstić information content (AvgIpc) is 2.28. The van der Waals surface area contributed by atoms with E-state index in [1.54, 1.807) is 19.2 Å². The molecule has 18 heavy (non-hydrogen) atoms. The first-order valence-corrected chi connectivity index (χ1v) is 6.76. The van der Waals surface area contributed by atoms with Crippen LogP contribution in [0.5, 0.6) is 0 Å². The topological polar surface area (TPSA) is 76.2 Å². The number of carbonyl (C=O) groups excluding carboxylic acids is 1. The zero-order valence-electron chi connectivity index (χ0n) is 10.9. The maximum atomic E-state index is 11.6. The molecule has 4 nitrogen and oxygen atoms in total. The molecule has 0 spiro atoms. The molecule has 5 heteroatoms. The van der Waals surface area contributed by atoms with Crippen molar-refractivity contribution in [3.05, 3.63) is 28.5 Å². The van der Waals surface area contributed by atoms with E-state index >= 15 is 0 Å². The Balaban J connectivity index is 3.30. The van der Waals surface area contributed by atoms with Gasteiger partial charge in [-0.05, 0) is 46.0 Å². The van der Waals surface area contributed by atoms with E-state index in [1.807, 2.05) is 19.9 Å². The quantitative estimate of drug-likeness (QED) is 0.818. The van der Waals surface area contributed by atoms with Crippen LogP contribution in [0.2, 0.25) is 0 Å². The number of hydrogen-bond donors (Lipinski definition) is 2. The molecule has 1 heterocycles. The van der Waals surface area contributed by atoms with Gasteiger partial charge in [0.15, 0.2) is 0 Å². The van der Waals surface area contributed by atoms with Gasteiger partial charge in [-0.25, -0.2) is 4.98 Å². The van der Waals surface area contributed by atoms with Crippen LogP contribution in [-0.4, -0.2) is 21.6 Å². The van der Waals surface area contributed by atoms with Crippen molar-refractivity contribution >= 4 is 21.8 Å². The third kappa shape index (κ3) is 2.90. The molecule has 1 aromatic heterocycles. The molecule has 0 saturated heterocycles. The van der Waals surface area contributed by atoms with E-state index in [4.69, 9.17) is 5.73 Å². The molecular formula is C13H19BrN2O2. The number of rotatable bonds is 5. The molecular weight excluding hydrogens is 296 g/mol. The predicted octanol–water partition coefficient (Wildman–Crippen LogP) is 2.21. The highest BCUT2D eigenvalue weighted by Gasteiger charge is 2.43. The number of amides is 1. The summed E-state index contributed by atoms with van der Waals surface area (Å²) in [6, 6.07) is 3.62. The minimum absolute atomic E-state index is 0.0803. The maximum Gasteiger partial charge on any atom is 0.250 e. The normalized spacial score (nSPS) is 16.3. The SMILES string of the molecule is CCC(O)(C(N)=O)C(c1ccnc(Br)c1)C(C)C.